The van der Waals surface area contributed by atoms with E-state index in [9.17, 15) is 4.79 Å². The van der Waals surface area contributed by atoms with Gasteiger partial charge in [0.2, 0.25) is 0 Å². The van der Waals surface area contributed by atoms with Crippen LogP contribution in [0.1, 0.15) is 52.9 Å². The number of allylic oxidation sites excluding steroid dienone is 1. The van der Waals surface area contributed by atoms with Crippen molar-refractivity contribution in [1.82, 2.24) is 0 Å². The largest absolute Gasteiger partial charge is 0.460 e. The van der Waals surface area contributed by atoms with Crippen LogP contribution in [0.3, 0.4) is 0 Å². The lowest BCUT2D eigenvalue weighted by Crippen LogP contribution is -2.38. The lowest BCUT2D eigenvalue weighted by Gasteiger charge is -2.35. The molecule has 0 saturated carbocycles. The molecule has 3 heteroatoms. The second-order valence-corrected chi connectivity index (χ2v) is 3.84. The molecule has 0 aromatic rings. The van der Waals surface area contributed by atoms with Gasteiger partial charge in [-0.2, -0.15) is 0 Å². The minimum Gasteiger partial charge on any atom is -0.460 e. The van der Waals surface area contributed by atoms with Crippen molar-refractivity contribution in [2.75, 3.05) is 0 Å². The Morgan fingerprint density at radius 1 is 1.53 bits per heavy atom. The molecule has 1 unspecified atom stereocenters. The van der Waals surface area contributed by atoms with Gasteiger partial charge in [-0.25, -0.2) is 0 Å². The molecular weight excluding hydrogens is 192 g/mol. The van der Waals surface area contributed by atoms with Crippen molar-refractivity contribution in [3.05, 3.63) is 11.8 Å². The highest BCUT2D eigenvalue weighted by molar-refractivity contribution is 5.69. The molecule has 1 heterocycles. The van der Waals surface area contributed by atoms with Crippen molar-refractivity contribution in [2.24, 2.45) is 0 Å². The summed E-state index contributed by atoms with van der Waals surface area (Å²) in [6.45, 7) is 5.88. The monoisotopic (exact) mass is 212 g/mol. The van der Waals surface area contributed by atoms with E-state index < -0.39 is 5.79 Å². The van der Waals surface area contributed by atoms with E-state index in [0.717, 1.165) is 19.3 Å². The predicted molar refractivity (Wildman–Crippen MR) is 58.1 cm³/mol. The van der Waals surface area contributed by atoms with Crippen LogP contribution in [-0.4, -0.2) is 11.8 Å². The molecule has 1 aliphatic heterocycles. The maximum Gasteiger partial charge on any atom is 0.308 e. The average Bonchev–Trinajstić information content (AvgIpc) is 2.30. The van der Waals surface area contributed by atoms with Gasteiger partial charge in [-0.3, -0.25) is 4.79 Å². The Kier molecular flexibility index (Phi) is 4.18. The fraction of sp³-hybridized carbons (Fsp3) is 0.750. The van der Waals surface area contributed by atoms with Gasteiger partial charge >= 0.3 is 5.97 Å². The molecule has 1 rings (SSSR count). The van der Waals surface area contributed by atoms with Gasteiger partial charge < -0.3 is 9.47 Å². The standard InChI is InChI=1S/C12H20O3/c1-4-10-7-8-12(6-3,14-9-10)15-11(13)5-2/h9H,4-8H2,1-3H3. The highest BCUT2D eigenvalue weighted by atomic mass is 16.7. The first kappa shape index (κ1) is 12.1. The van der Waals surface area contributed by atoms with Gasteiger partial charge in [0.05, 0.1) is 6.26 Å². The predicted octanol–water partition coefficient (Wildman–Crippen LogP) is 3.15. The Labute approximate surface area is 91.4 Å². The zero-order valence-corrected chi connectivity index (χ0v) is 9.84. The quantitative estimate of drug-likeness (QED) is 0.671. The number of rotatable bonds is 4. The molecule has 1 atom stereocenters. The summed E-state index contributed by atoms with van der Waals surface area (Å²) in [6, 6.07) is 0. The summed E-state index contributed by atoms with van der Waals surface area (Å²) in [7, 11) is 0. The van der Waals surface area contributed by atoms with Gasteiger partial charge in [0.1, 0.15) is 0 Å². The number of carbonyl (C=O) groups excluding carboxylic acids is 1. The van der Waals surface area contributed by atoms with Crippen LogP contribution in [0.2, 0.25) is 0 Å². The van der Waals surface area contributed by atoms with Crippen molar-refractivity contribution >= 4 is 5.97 Å². The molecular formula is C12H20O3. The SMILES string of the molecule is CCC(=O)OC1(CC)CCC(CC)=CO1. The van der Waals surface area contributed by atoms with Gasteiger partial charge in [0, 0.05) is 19.3 Å². The van der Waals surface area contributed by atoms with Crippen LogP contribution in [0.5, 0.6) is 0 Å². The van der Waals surface area contributed by atoms with Gasteiger partial charge in [0.15, 0.2) is 0 Å². The smallest absolute Gasteiger partial charge is 0.308 e. The van der Waals surface area contributed by atoms with E-state index in [0.29, 0.717) is 12.8 Å². The molecule has 0 aliphatic carbocycles. The third kappa shape index (κ3) is 2.98. The maximum atomic E-state index is 11.3. The summed E-state index contributed by atoms with van der Waals surface area (Å²) in [5.41, 5.74) is 1.28. The number of hydrogen-bond acceptors (Lipinski definition) is 3. The average molecular weight is 212 g/mol. The van der Waals surface area contributed by atoms with Crippen LogP contribution in [-0.2, 0) is 14.3 Å². The van der Waals surface area contributed by atoms with Crippen LogP contribution in [0.4, 0.5) is 0 Å². The summed E-state index contributed by atoms with van der Waals surface area (Å²) < 4.78 is 11.0. The fourth-order valence-corrected chi connectivity index (χ4v) is 1.61. The summed E-state index contributed by atoms with van der Waals surface area (Å²) in [6.07, 6.45) is 5.59. The summed E-state index contributed by atoms with van der Waals surface area (Å²) in [5.74, 6) is -0.892. The zero-order chi connectivity index (χ0) is 11.3. The van der Waals surface area contributed by atoms with E-state index in [-0.39, 0.29) is 5.97 Å². The van der Waals surface area contributed by atoms with Gasteiger partial charge in [-0.05, 0) is 18.4 Å². The van der Waals surface area contributed by atoms with Gasteiger partial charge in [0.25, 0.3) is 5.79 Å². The molecule has 15 heavy (non-hydrogen) atoms. The maximum absolute atomic E-state index is 11.3. The van der Waals surface area contributed by atoms with Gasteiger partial charge in [-0.1, -0.05) is 20.8 Å². The van der Waals surface area contributed by atoms with E-state index in [4.69, 9.17) is 9.47 Å². The van der Waals surface area contributed by atoms with E-state index in [1.807, 2.05) is 6.92 Å². The lowest BCUT2D eigenvalue weighted by molar-refractivity contribution is -0.219. The first-order chi connectivity index (χ1) is 7.15. The Hall–Kier alpha value is -0.990. The molecule has 0 fully saturated rings. The zero-order valence-electron chi connectivity index (χ0n) is 9.84. The first-order valence-electron chi connectivity index (χ1n) is 5.73. The topological polar surface area (TPSA) is 35.5 Å². The van der Waals surface area contributed by atoms with Crippen molar-refractivity contribution < 1.29 is 14.3 Å². The van der Waals surface area contributed by atoms with Crippen LogP contribution in [0, 0.1) is 0 Å². The van der Waals surface area contributed by atoms with Crippen LogP contribution >= 0.6 is 0 Å². The summed E-state index contributed by atoms with van der Waals surface area (Å²) >= 11 is 0. The molecule has 0 spiro atoms. The minimum absolute atomic E-state index is 0.190. The van der Waals surface area contributed by atoms with Crippen LogP contribution in [0.15, 0.2) is 11.8 Å². The fourth-order valence-electron chi connectivity index (χ4n) is 1.61. The number of hydrogen-bond donors (Lipinski definition) is 0. The molecule has 86 valence electrons. The molecule has 0 amide bonds. The molecule has 0 N–H and O–H groups in total. The molecule has 3 nitrogen and oxygen atoms in total. The van der Waals surface area contributed by atoms with Crippen molar-refractivity contribution in [3.8, 4) is 0 Å². The van der Waals surface area contributed by atoms with Crippen molar-refractivity contribution in [1.29, 1.82) is 0 Å². The molecule has 0 radical (unpaired) electrons. The third-order valence-corrected chi connectivity index (χ3v) is 2.85. The Bertz CT molecular complexity index is 258. The molecule has 0 aromatic carbocycles. The Balaban J connectivity index is 2.64. The lowest BCUT2D eigenvalue weighted by atomic mass is 9.99. The molecule has 1 aliphatic rings. The third-order valence-electron chi connectivity index (χ3n) is 2.85. The second-order valence-electron chi connectivity index (χ2n) is 3.84. The first-order valence-corrected chi connectivity index (χ1v) is 5.73. The number of ether oxygens (including phenoxy) is 2. The Morgan fingerprint density at radius 2 is 2.27 bits per heavy atom. The number of esters is 1. The van der Waals surface area contributed by atoms with Crippen molar-refractivity contribution in [3.63, 3.8) is 0 Å². The van der Waals surface area contributed by atoms with E-state index in [1.165, 1.54) is 5.57 Å². The molecule has 0 bridgehead atoms. The van der Waals surface area contributed by atoms with Gasteiger partial charge in [-0.15, -0.1) is 0 Å². The minimum atomic E-state index is -0.703. The highest BCUT2D eigenvalue weighted by Crippen LogP contribution is 2.32. The van der Waals surface area contributed by atoms with E-state index in [1.54, 1.807) is 13.2 Å². The van der Waals surface area contributed by atoms with E-state index in [2.05, 4.69) is 6.92 Å². The van der Waals surface area contributed by atoms with Crippen molar-refractivity contribution in [2.45, 2.75) is 58.7 Å². The Morgan fingerprint density at radius 3 is 2.67 bits per heavy atom. The second kappa shape index (κ2) is 5.19. The van der Waals surface area contributed by atoms with Crippen LogP contribution in [0.25, 0.3) is 0 Å². The number of carbonyl (C=O) groups is 1. The van der Waals surface area contributed by atoms with Crippen LogP contribution < -0.4 is 0 Å². The highest BCUT2D eigenvalue weighted by Gasteiger charge is 2.35. The van der Waals surface area contributed by atoms with E-state index >= 15 is 0 Å². The summed E-state index contributed by atoms with van der Waals surface area (Å²) in [4.78, 5) is 11.3. The summed E-state index contributed by atoms with van der Waals surface area (Å²) in [5, 5.41) is 0. The molecule has 0 saturated heterocycles. The molecule has 0 aromatic heterocycles. The normalized spacial score (nSPS) is 25.4.